The molecule has 0 spiro atoms. The average Bonchev–Trinajstić information content (AvgIpc) is 3.39. The Bertz CT molecular complexity index is 957. The van der Waals surface area contributed by atoms with Crippen LogP contribution in [0.1, 0.15) is 50.6 Å². The summed E-state index contributed by atoms with van der Waals surface area (Å²) >= 11 is 0. The van der Waals surface area contributed by atoms with Gasteiger partial charge >= 0.3 is 0 Å². The topological polar surface area (TPSA) is 86.7 Å². The quantitative estimate of drug-likeness (QED) is 0.607. The first-order valence-corrected chi connectivity index (χ1v) is 10.6. The molecule has 2 fully saturated rings. The second kappa shape index (κ2) is 7.59. The van der Waals surface area contributed by atoms with Gasteiger partial charge in [-0.05, 0) is 55.7 Å². The number of phenols is 1. The van der Waals surface area contributed by atoms with Crippen LogP contribution in [0.4, 0.5) is 0 Å². The van der Waals surface area contributed by atoms with Crippen LogP contribution >= 0.6 is 0 Å². The van der Waals surface area contributed by atoms with Crippen LogP contribution in [-0.2, 0) is 0 Å². The SMILES string of the molecule is CCC(c1cnc(-c2ccc(-c3cn[nH]c3)cc2O)cn1)C1C[C@H]2CC[C@@H](C1)N2. The van der Waals surface area contributed by atoms with Gasteiger partial charge < -0.3 is 10.4 Å². The molecule has 0 radical (unpaired) electrons. The highest BCUT2D eigenvalue weighted by Gasteiger charge is 2.37. The molecule has 29 heavy (non-hydrogen) atoms. The Morgan fingerprint density at radius 3 is 2.52 bits per heavy atom. The maximum Gasteiger partial charge on any atom is 0.125 e. The third-order valence-electron chi connectivity index (χ3n) is 6.68. The summed E-state index contributed by atoms with van der Waals surface area (Å²) in [5.41, 5.74) is 4.33. The van der Waals surface area contributed by atoms with E-state index in [0.717, 1.165) is 23.2 Å². The van der Waals surface area contributed by atoms with Gasteiger partial charge in [-0.25, -0.2) is 0 Å². The summed E-state index contributed by atoms with van der Waals surface area (Å²) in [7, 11) is 0. The number of hydrogen-bond donors (Lipinski definition) is 3. The minimum atomic E-state index is 0.202. The van der Waals surface area contributed by atoms with Crippen molar-refractivity contribution in [3.05, 3.63) is 48.7 Å². The molecule has 2 saturated heterocycles. The fourth-order valence-corrected chi connectivity index (χ4v) is 5.22. The van der Waals surface area contributed by atoms with Crippen molar-refractivity contribution in [3.63, 3.8) is 0 Å². The van der Waals surface area contributed by atoms with Gasteiger partial charge in [0.2, 0.25) is 0 Å². The standard InChI is InChI=1S/C23H27N5O/c1-2-19(15-7-17-4-5-18(8-15)28-17)21-12-25-22(13-24-21)20-6-3-14(9-23(20)29)16-10-26-27-11-16/h3,6,9-13,15,17-19,28-29H,2,4-5,7-8H2,1H3,(H,26,27)/t15?,17-,18+,19?. The Morgan fingerprint density at radius 2 is 1.90 bits per heavy atom. The number of nitrogens with one attached hydrogen (secondary N) is 2. The van der Waals surface area contributed by atoms with Gasteiger partial charge in [0.15, 0.2) is 0 Å². The highest BCUT2D eigenvalue weighted by Crippen LogP contribution is 2.40. The molecule has 4 heterocycles. The Balaban J connectivity index is 1.37. The van der Waals surface area contributed by atoms with Gasteiger partial charge in [-0.3, -0.25) is 15.1 Å². The van der Waals surface area contributed by atoms with E-state index in [-0.39, 0.29) is 5.75 Å². The maximum atomic E-state index is 10.5. The van der Waals surface area contributed by atoms with Crippen LogP contribution < -0.4 is 5.32 Å². The average molecular weight is 390 g/mol. The van der Waals surface area contributed by atoms with Crippen molar-refractivity contribution in [2.75, 3.05) is 0 Å². The van der Waals surface area contributed by atoms with Crippen molar-refractivity contribution in [3.8, 4) is 28.1 Å². The zero-order chi connectivity index (χ0) is 19.8. The van der Waals surface area contributed by atoms with E-state index in [1.54, 1.807) is 24.7 Å². The van der Waals surface area contributed by atoms with Crippen molar-refractivity contribution < 1.29 is 5.11 Å². The molecule has 2 bridgehead atoms. The van der Waals surface area contributed by atoms with E-state index in [1.807, 2.05) is 18.3 Å². The fraction of sp³-hybridized carbons (Fsp3) is 0.435. The molecular formula is C23H27N5O. The van der Waals surface area contributed by atoms with Gasteiger partial charge in [-0.1, -0.05) is 13.0 Å². The van der Waals surface area contributed by atoms with Crippen molar-refractivity contribution in [1.29, 1.82) is 0 Å². The van der Waals surface area contributed by atoms with E-state index in [0.29, 0.717) is 35.2 Å². The van der Waals surface area contributed by atoms with E-state index in [4.69, 9.17) is 4.98 Å². The van der Waals surface area contributed by atoms with Gasteiger partial charge in [-0.2, -0.15) is 5.10 Å². The lowest BCUT2D eigenvalue weighted by Gasteiger charge is -2.34. The van der Waals surface area contributed by atoms with Crippen molar-refractivity contribution in [1.82, 2.24) is 25.5 Å². The van der Waals surface area contributed by atoms with E-state index in [2.05, 4.69) is 27.4 Å². The largest absolute Gasteiger partial charge is 0.507 e. The summed E-state index contributed by atoms with van der Waals surface area (Å²) in [4.78, 5) is 9.44. The van der Waals surface area contributed by atoms with Crippen LogP contribution in [0.5, 0.6) is 5.75 Å². The first-order chi connectivity index (χ1) is 14.2. The summed E-state index contributed by atoms with van der Waals surface area (Å²) in [5, 5.41) is 21.0. The highest BCUT2D eigenvalue weighted by molar-refractivity contribution is 5.73. The first kappa shape index (κ1) is 18.3. The van der Waals surface area contributed by atoms with Crippen molar-refractivity contribution in [2.45, 2.75) is 57.0 Å². The van der Waals surface area contributed by atoms with Crippen molar-refractivity contribution in [2.24, 2.45) is 5.92 Å². The summed E-state index contributed by atoms with van der Waals surface area (Å²) in [6.07, 6.45) is 13.5. The predicted molar refractivity (Wildman–Crippen MR) is 112 cm³/mol. The molecule has 0 amide bonds. The van der Waals surface area contributed by atoms with Crippen LogP contribution in [0.2, 0.25) is 0 Å². The van der Waals surface area contributed by atoms with E-state index in [9.17, 15) is 5.11 Å². The maximum absolute atomic E-state index is 10.5. The molecule has 6 nitrogen and oxygen atoms in total. The van der Waals surface area contributed by atoms with Crippen LogP contribution in [0, 0.1) is 5.92 Å². The number of aromatic amines is 1. The Labute approximate surface area is 170 Å². The molecule has 0 aliphatic carbocycles. The number of aromatic nitrogens is 4. The molecule has 0 saturated carbocycles. The lowest BCUT2D eigenvalue weighted by Crippen LogP contribution is -2.39. The first-order valence-electron chi connectivity index (χ1n) is 10.6. The number of aromatic hydroxyl groups is 1. The van der Waals surface area contributed by atoms with Crippen LogP contribution in [0.25, 0.3) is 22.4 Å². The molecule has 4 atom stereocenters. The lowest BCUT2D eigenvalue weighted by molar-refractivity contribution is 0.253. The number of piperidine rings is 1. The fourth-order valence-electron chi connectivity index (χ4n) is 5.22. The second-order valence-electron chi connectivity index (χ2n) is 8.43. The third-order valence-corrected chi connectivity index (χ3v) is 6.68. The molecule has 1 aromatic carbocycles. The van der Waals surface area contributed by atoms with Gasteiger partial charge in [0.1, 0.15) is 5.75 Å². The van der Waals surface area contributed by atoms with Crippen LogP contribution in [0.3, 0.4) is 0 Å². The smallest absolute Gasteiger partial charge is 0.125 e. The van der Waals surface area contributed by atoms with Gasteiger partial charge in [0.25, 0.3) is 0 Å². The lowest BCUT2D eigenvalue weighted by atomic mass is 9.79. The number of phenolic OH excluding ortho intramolecular Hbond substituents is 1. The normalized spacial score (nSPS) is 24.5. The van der Waals surface area contributed by atoms with Crippen LogP contribution in [-0.4, -0.2) is 37.4 Å². The number of hydrogen-bond acceptors (Lipinski definition) is 5. The predicted octanol–water partition coefficient (Wildman–Crippen LogP) is 4.26. The monoisotopic (exact) mass is 389 g/mol. The number of benzene rings is 1. The molecule has 3 N–H and O–H groups in total. The Kier molecular flexibility index (Phi) is 4.79. The molecule has 3 aromatic rings. The zero-order valence-corrected chi connectivity index (χ0v) is 16.7. The molecule has 2 aromatic heterocycles. The highest BCUT2D eigenvalue weighted by atomic mass is 16.3. The molecule has 150 valence electrons. The summed E-state index contributed by atoms with van der Waals surface area (Å²) in [5.74, 6) is 1.34. The van der Waals surface area contributed by atoms with E-state index < -0.39 is 0 Å². The molecule has 2 unspecified atom stereocenters. The minimum Gasteiger partial charge on any atom is -0.507 e. The second-order valence-corrected chi connectivity index (χ2v) is 8.43. The summed E-state index contributed by atoms with van der Waals surface area (Å²) < 4.78 is 0. The number of nitrogens with zero attached hydrogens (tertiary/aromatic N) is 3. The van der Waals surface area contributed by atoms with Crippen molar-refractivity contribution >= 4 is 0 Å². The number of fused-ring (bicyclic) bond motifs is 2. The Morgan fingerprint density at radius 1 is 1.07 bits per heavy atom. The van der Waals surface area contributed by atoms with Gasteiger partial charge in [-0.15, -0.1) is 0 Å². The summed E-state index contributed by atoms with van der Waals surface area (Å²) in [6, 6.07) is 6.98. The number of H-pyrrole nitrogens is 1. The minimum absolute atomic E-state index is 0.202. The molecule has 2 aliphatic rings. The Hall–Kier alpha value is -2.73. The van der Waals surface area contributed by atoms with Crippen LogP contribution in [0.15, 0.2) is 43.0 Å². The summed E-state index contributed by atoms with van der Waals surface area (Å²) in [6.45, 7) is 2.25. The molecular weight excluding hydrogens is 362 g/mol. The molecule has 2 aliphatic heterocycles. The molecule has 5 rings (SSSR count). The molecule has 6 heteroatoms. The van der Waals surface area contributed by atoms with E-state index >= 15 is 0 Å². The van der Waals surface area contributed by atoms with Gasteiger partial charge in [0.05, 0.1) is 23.8 Å². The zero-order valence-electron chi connectivity index (χ0n) is 16.7. The number of rotatable bonds is 5. The van der Waals surface area contributed by atoms with E-state index in [1.165, 1.54) is 25.7 Å². The van der Waals surface area contributed by atoms with Gasteiger partial charge in [0, 0.05) is 41.5 Å². The third kappa shape index (κ3) is 3.53.